The first-order chi connectivity index (χ1) is 8.81. The third-order valence-corrected chi connectivity index (χ3v) is 2.89. The molecule has 0 spiro atoms. The molecule has 0 bridgehead atoms. The molecule has 0 aliphatic carbocycles. The van der Waals surface area contributed by atoms with Crippen LogP contribution in [0.1, 0.15) is 0 Å². The van der Waals surface area contributed by atoms with Gasteiger partial charge in [-0.3, -0.25) is 0 Å². The van der Waals surface area contributed by atoms with E-state index in [1.54, 1.807) is 14.2 Å². The number of aromatic nitrogens is 2. The number of rotatable bonds is 2. The molecule has 2 heterocycles. The van der Waals surface area contributed by atoms with E-state index in [-0.39, 0.29) is 0 Å². The second-order valence-electron chi connectivity index (χ2n) is 3.92. The van der Waals surface area contributed by atoms with E-state index in [1.807, 2.05) is 36.4 Å². The molecule has 0 atom stereocenters. The molecule has 0 amide bonds. The van der Waals surface area contributed by atoms with Crippen molar-refractivity contribution in [3.63, 3.8) is 0 Å². The van der Waals surface area contributed by atoms with Gasteiger partial charge in [-0.1, -0.05) is 12.1 Å². The van der Waals surface area contributed by atoms with Gasteiger partial charge in [0.2, 0.25) is 11.8 Å². The fourth-order valence-electron chi connectivity index (χ4n) is 1.96. The quantitative estimate of drug-likeness (QED) is 0.646. The van der Waals surface area contributed by atoms with Crippen molar-refractivity contribution >= 4 is 21.8 Å². The van der Waals surface area contributed by atoms with Crippen molar-refractivity contribution in [2.45, 2.75) is 0 Å². The van der Waals surface area contributed by atoms with Crippen LogP contribution in [0.25, 0.3) is 21.8 Å². The van der Waals surface area contributed by atoms with Crippen LogP contribution in [0.15, 0.2) is 36.4 Å². The number of nitrogens with zero attached hydrogens (tertiary/aromatic N) is 2. The third kappa shape index (κ3) is 1.62. The molecule has 0 radical (unpaired) electrons. The molecule has 18 heavy (non-hydrogen) atoms. The largest absolute Gasteiger partial charge is 0.481 e. The van der Waals surface area contributed by atoms with Gasteiger partial charge in [0.05, 0.1) is 14.2 Å². The van der Waals surface area contributed by atoms with E-state index in [1.165, 1.54) is 0 Å². The van der Waals surface area contributed by atoms with Crippen molar-refractivity contribution in [3.05, 3.63) is 36.4 Å². The normalized spacial score (nSPS) is 10.8. The minimum Gasteiger partial charge on any atom is -0.481 e. The first-order valence-electron chi connectivity index (χ1n) is 5.60. The highest BCUT2D eigenvalue weighted by Crippen LogP contribution is 2.26. The Morgan fingerprint density at radius 1 is 0.667 bits per heavy atom. The molecule has 0 fully saturated rings. The van der Waals surface area contributed by atoms with E-state index < -0.39 is 0 Å². The van der Waals surface area contributed by atoms with Crippen LogP contribution >= 0.6 is 0 Å². The minimum absolute atomic E-state index is 0.583. The lowest BCUT2D eigenvalue weighted by molar-refractivity contribution is 0.398. The average Bonchev–Trinajstić information content (AvgIpc) is 2.45. The summed E-state index contributed by atoms with van der Waals surface area (Å²) in [6.45, 7) is 0. The van der Waals surface area contributed by atoms with Crippen LogP contribution in [0.5, 0.6) is 11.8 Å². The van der Waals surface area contributed by atoms with Crippen LogP contribution in [0.2, 0.25) is 0 Å². The Morgan fingerprint density at radius 2 is 1.06 bits per heavy atom. The molecule has 0 unspecified atom stereocenters. The van der Waals surface area contributed by atoms with Crippen LogP contribution in [0.3, 0.4) is 0 Å². The lowest BCUT2D eigenvalue weighted by Crippen LogP contribution is -1.92. The second-order valence-corrected chi connectivity index (χ2v) is 3.92. The van der Waals surface area contributed by atoms with Gasteiger partial charge >= 0.3 is 0 Å². The Bertz CT molecular complexity index is 663. The Hall–Kier alpha value is -2.36. The van der Waals surface area contributed by atoms with Gasteiger partial charge in [-0.2, -0.15) is 0 Å². The molecule has 3 rings (SSSR count). The topological polar surface area (TPSA) is 44.2 Å². The maximum absolute atomic E-state index is 5.16. The molecule has 0 saturated carbocycles. The summed E-state index contributed by atoms with van der Waals surface area (Å²) in [5.41, 5.74) is 1.65. The summed E-state index contributed by atoms with van der Waals surface area (Å²) >= 11 is 0. The summed E-state index contributed by atoms with van der Waals surface area (Å²) < 4.78 is 10.3. The van der Waals surface area contributed by atoms with Gasteiger partial charge in [-0.15, -0.1) is 0 Å². The number of fused-ring (bicyclic) bond motifs is 3. The standard InChI is InChI=1S/C14H12N2O2/c1-17-11-7-5-9-3-4-10-6-8-12(18-2)16-14(10)13(9)15-11/h3-8H,1-2H3. The highest BCUT2D eigenvalue weighted by Gasteiger charge is 2.06. The average molecular weight is 240 g/mol. The molecule has 0 N–H and O–H groups in total. The molecule has 1 aromatic carbocycles. The Morgan fingerprint density at radius 3 is 1.44 bits per heavy atom. The lowest BCUT2D eigenvalue weighted by atomic mass is 10.1. The van der Waals surface area contributed by atoms with Crippen molar-refractivity contribution in [1.29, 1.82) is 0 Å². The van der Waals surface area contributed by atoms with Gasteiger partial charge in [0.15, 0.2) is 0 Å². The number of methoxy groups -OCH3 is 2. The fourth-order valence-corrected chi connectivity index (χ4v) is 1.96. The van der Waals surface area contributed by atoms with Gasteiger partial charge in [0.25, 0.3) is 0 Å². The predicted molar refractivity (Wildman–Crippen MR) is 70.1 cm³/mol. The first kappa shape index (κ1) is 10.8. The van der Waals surface area contributed by atoms with E-state index in [0.717, 1.165) is 21.8 Å². The molecule has 3 aromatic rings. The number of hydrogen-bond acceptors (Lipinski definition) is 4. The van der Waals surface area contributed by atoms with Crippen LogP contribution in [0, 0.1) is 0 Å². The van der Waals surface area contributed by atoms with E-state index in [9.17, 15) is 0 Å². The molecule has 90 valence electrons. The van der Waals surface area contributed by atoms with Crippen molar-refractivity contribution in [3.8, 4) is 11.8 Å². The van der Waals surface area contributed by atoms with Crippen molar-refractivity contribution in [2.75, 3.05) is 14.2 Å². The minimum atomic E-state index is 0.583. The summed E-state index contributed by atoms with van der Waals surface area (Å²) in [4.78, 5) is 8.91. The Kier molecular flexibility index (Phi) is 2.48. The highest BCUT2D eigenvalue weighted by molar-refractivity contribution is 6.03. The number of hydrogen-bond donors (Lipinski definition) is 0. The van der Waals surface area contributed by atoms with Gasteiger partial charge in [0.1, 0.15) is 11.0 Å². The van der Waals surface area contributed by atoms with Crippen LogP contribution in [-0.2, 0) is 0 Å². The third-order valence-electron chi connectivity index (χ3n) is 2.89. The number of ether oxygens (including phenoxy) is 2. The van der Waals surface area contributed by atoms with Crippen molar-refractivity contribution < 1.29 is 9.47 Å². The first-order valence-corrected chi connectivity index (χ1v) is 5.60. The van der Waals surface area contributed by atoms with Gasteiger partial charge in [0, 0.05) is 22.9 Å². The maximum Gasteiger partial charge on any atom is 0.213 e. The van der Waals surface area contributed by atoms with Gasteiger partial charge in [-0.05, 0) is 12.1 Å². The second kappa shape index (κ2) is 4.14. The molecule has 4 nitrogen and oxygen atoms in total. The molecule has 0 aliphatic rings. The van der Waals surface area contributed by atoms with Crippen molar-refractivity contribution in [2.24, 2.45) is 0 Å². The number of benzene rings is 1. The zero-order valence-electron chi connectivity index (χ0n) is 10.2. The molecule has 0 aliphatic heterocycles. The smallest absolute Gasteiger partial charge is 0.213 e. The molecule has 4 heteroatoms. The number of pyridine rings is 2. The highest BCUT2D eigenvalue weighted by atomic mass is 16.5. The summed E-state index contributed by atoms with van der Waals surface area (Å²) in [5, 5.41) is 2.06. The van der Waals surface area contributed by atoms with Crippen LogP contribution in [0.4, 0.5) is 0 Å². The predicted octanol–water partition coefficient (Wildman–Crippen LogP) is 2.80. The SMILES string of the molecule is COc1ccc2ccc3ccc(OC)nc3c2n1. The van der Waals surface area contributed by atoms with Gasteiger partial charge in [-0.25, -0.2) is 9.97 Å². The molecule has 2 aromatic heterocycles. The molecular formula is C14H12N2O2. The maximum atomic E-state index is 5.16. The van der Waals surface area contributed by atoms with E-state index >= 15 is 0 Å². The lowest BCUT2D eigenvalue weighted by Gasteiger charge is -2.06. The fraction of sp³-hybridized carbons (Fsp3) is 0.143. The van der Waals surface area contributed by atoms with E-state index in [0.29, 0.717) is 11.8 Å². The molecule has 0 saturated heterocycles. The summed E-state index contributed by atoms with van der Waals surface area (Å²) in [6.07, 6.45) is 0. The Labute approximate surface area is 104 Å². The molecular weight excluding hydrogens is 228 g/mol. The van der Waals surface area contributed by atoms with Crippen LogP contribution < -0.4 is 9.47 Å². The summed E-state index contributed by atoms with van der Waals surface area (Å²) in [6, 6.07) is 11.7. The zero-order chi connectivity index (χ0) is 12.5. The Balaban J connectivity index is 2.40. The van der Waals surface area contributed by atoms with Gasteiger partial charge < -0.3 is 9.47 Å². The van der Waals surface area contributed by atoms with E-state index in [4.69, 9.17) is 9.47 Å². The van der Waals surface area contributed by atoms with Crippen LogP contribution in [-0.4, -0.2) is 24.2 Å². The summed E-state index contributed by atoms with van der Waals surface area (Å²) in [7, 11) is 3.21. The zero-order valence-corrected chi connectivity index (χ0v) is 10.2. The van der Waals surface area contributed by atoms with E-state index in [2.05, 4.69) is 9.97 Å². The van der Waals surface area contributed by atoms with Crippen molar-refractivity contribution in [1.82, 2.24) is 9.97 Å². The summed E-state index contributed by atoms with van der Waals surface area (Å²) in [5.74, 6) is 1.17. The monoisotopic (exact) mass is 240 g/mol.